The Balaban J connectivity index is 2.10. The molecule has 1 heterocycles. The smallest absolute Gasteiger partial charge is 0.253 e. The van der Waals surface area contributed by atoms with Crippen LogP contribution in [0.25, 0.3) is 0 Å². The van der Waals surface area contributed by atoms with Gasteiger partial charge in [-0.05, 0) is 53.3 Å². The van der Waals surface area contributed by atoms with Crippen molar-refractivity contribution in [1.82, 2.24) is 4.90 Å². The second-order valence-electron chi connectivity index (χ2n) is 4.58. The number of nitrogens with zero attached hydrogens (tertiary/aromatic N) is 1. The number of rotatable bonds is 2. The Morgan fingerprint density at radius 3 is 2.67 bits per heavy atom. The van der Waals surface area contributed by atoms with Gasteiger partial charge < -0.3 is 4.90 Å². The summed E-state index contributed by atoms with van der Waals surface area (Å²) in [7, 11) is 0. The first-order valence-corrected chi connectivity index (χ1v) is 7.27. The number of hydrogen-bond donors (Lipinski definition) is 0. The highest BCUT2D eigenvalue weighted by atomic mass is 127. The van der Waals surface area contributed by atoms with Crippen molar-refractivity contribution in [2.75, 3.05) is 13.1 Å². The summed E-state index contributed by atoms with van der Waals surface area (Å²) in [5.41, 5.74) is 0.708. The monoisotopic (exact) mass is 357 g/mol. The van der Waals surface area contributed by atoms with E-state index in [4.69, 9.17) is 0 Å². The number of amides is 1. The van der Waals surface area contributed by atoms with Gasteiger partial charge in [-0.1, -0.05) is 6.92 Å². The van der Waals surface area contributed by atoms with Gasteiger partial charge >= 0.3 is 0 Å². The quantitative estimate of drug-likeness (QED) is 0.764. The van der Waals surface area contributed by atoms with Gasteiger partial charge in [0.25, 0.3) is 5.91 Å². The summed E-state index contributed by atoms with van der Waals surface area (Å²) in [6.45, 7) is 3.13. The Kier molecular flexibility index (Phi) is 4.37. The molecule has 0 N–H and O–H groups in total. The van der Waals surface area contributed by atoms with E-state index in [0.717, 1.165) is 9.99 Å². The maximum atomic E-state index is 12.3. The molecule has 0 radical (unpaired) electrons. The van der Waals surface area contributed by atoms with Gasteiger partial charge in [-0.3, -0.25) is 9.59 Å². The van der Waals surface area contributed by atoms with Crippen molar-refractivity contribution >= 4 is 34.3 Å². The summed E-state index contributed by atoms with van der Waals surface area (Å²) in [5, 5.41) is 0. The van der Waals surface area contributed by atoms with Crippen LogP contribution in [-0.2, 0) is 4.79 Å². The first-order valence-electron chi connectivity index (χ1n) is 6.19. The van der Waals surface area contributed by atoms with Gasteiger partial charge in [-0.15, -0.1) is 0 Å². The molecule has 0 aliphatic carbocycles. The number of hydrogen-bond acceptors (Lipinski definition) is 2. The van der Waals surface area contributed by atoms with Gasteiger partial charge in [-0.2, -0.15) is 0 Å². The van der Waals surface area contributed by atoms with Crippen LogP contribution in [0.2, 0.25) is 0 Å². The van der Waals surface area contributed by atoms with Gasteiger partial charge in [0.15, 0.2) is 0 Å². The number of carbonyl (C=O) groups is 2. The molecule has 1 unspecified atom stereocenters. The molecule has 1 aromatic carbocycles. The Hall–Kier alpha value is -0.910. The van der Waals surface area contributed by atoms with Crippen molar-refractivity contribution in [2.45, 2.75) is 19.8 Å². The van der Waals surface area contributed by atoms with Crippen molar-refractivity contribution in [2.24, 2.45) is 5.92 Å². The van der Waals surface area contributed by atoms with Gasteiger partial charge in [0.05, 0.1) is 0 Å². The molecular formula is C14H16INO2. The Bertz CT molecular complexity index is 455. The summed E-state index contributed by atoms with van der Waals surface area (Å²) < 4.78 is 1.12. The van der Waals surface area contributed by atoms with E-state index in [2.05, 4.69) is 22.6 Å². The third kappa shape index (κ3) is 2.91. The standard InChI is InChI=1S/C14H16INO2/c1-2-10-9-16(8-7-13(10)17)14(18)11-3-5-12(15)6-4-11/h3-6,10H,2,7-9H2,1H3. The zero-order chi connectivity index (χ0) is 13.1. The molecule has 1 aliphatic rings. The molecule has 1 atom stereocenters. The van der Waals surface area contributed by atoms with Gasteiger partial charge in [0, 0.05) is 34.6 Å². The number of Topliss-reactive ketones (excluding diaryl/α,β-unsaturated/α-hetero) is 1. The molecule has 1 aromatic rings. The molecule has 0 bridgehead atoms. The van der Waals surface area contributed by atoms with Gasteiger partial charge in [0.2, 0.25) is 0 Å². The van der Waals surface area contributed by atoms with Crippen LogP contribution < -0.4 is 0 Å². The first-order chi connectivity index (χ1) is 8.61. The molecule has 96 valence electrons. The van der Waals surface area contributed by atoms with E-state index >= 15 is 0 Å². The minimum atomic E-state index is 0.0200. The highest BCUT2D eigenvalue weighted by Gasteiger charge is 2.28. The Morgan fingerprint density at radius 1 is 1.39 bits per heavy atom. The summed E-state index contributed by atoms with van der Waals surface area (Å²) >= 11 is 2.22. The lowest BCUT2D eigenvalue weighted by Crippen LogP contribution is -2.43. The predicted molar refractivity (Wildman–Crippen MR) is 78.5 cm³/mol. The molecule has 1 amide bonds. The minimum absolute atomic E-state index is 0.0200. The second-order valence-corrected chi connectivity index (χ2v) is 5.83. The molecule has 2 rings (SSSR count). The van der Waals surface area contributed by atoms with Crippen molar-refractivity contribution in [3.8, 4) is 0 Å². The molecular weight excluding hydrogens is 341 g/mol. The van der Waals surface area contributed by atoms with Crippen LogP contribution in [0.15, 0.2) is 24.3 Å². The van der Waals surface area contributed by atoms with Crippen LogP contribution in [0.4, 0.5) is 0 Å². The number of halogens is 1. The largest absolute Gasteiger partial charge is 0.337 e. The van der Waals surface area contributed by atoms with E-state index in [0.29, 0.717) is 30.9 Å². The molecule has 1 fully saturated rings. The lowest BCUT2D eigenvalue weighted by Gasteiger charge is -2.31. The molecule has 1 saturated heterocycles. The number of piperidine rings is 1. The normalized spacial score (nSPS) is 20.0. The minimum Gasteiger partial charge on any atom is -0.337 e. The fraction of sp³-hybridized carbons (Fsp3) is 0.429. The molecule has 3 nitrogen and oxygen atoms in total. The van der Waals surface area contributed by atoms with Crippen LogP contribution in [-0.4, -0.2) is 29.7 Å². The van der Waals surface area contributed by atoms with Gasteiger partial charge in [-0.25, -0.2) is 0 Å². The third-order valence-corrected chi connectivity index (χ3v) is 4.11. The zero-order valence-corrected chi connectivity index (χ0v) is 12.5. The third-order valence-electron chi connectivity index (χ3n) is 3.40. The Labute approximate surface area is 121 Å². The number of carbonyl (C=O) groups excluding carboxylic acids is 2. The van der Waals surface area contributed by atoms with Crippen LogP contribution in [0, 0.1) is 9.49 Å². The van der Waals surface area contributed by atoms with Crippen LogP contribution in [0.3, 0.4) is 0 Å². The summed E-state index contributed by atoms with van der Waals surface area (Å²) in [6, 6.07) is 7.56. The maximum absolute atomic E-state index is 12.3. The molecule has 1 aliphatic heterocycles. The summed E-state index contributed by atoms with van der Waals surface area (Å²) in [5.74, 6) is 0.355. The first kappa shape index (κ1) is 13.5. The number of benzene rings is 1. The molecule has 0 spiro atoms. The van der Waals surface area contributed by atoms with E-state index in [-0.39, 0.29) is 11.8 Å². The highest BCUT2D eigenvalue weighted by Crippen LogP contribution is 2.18. The summed E-state index contributed by atoms with van der Waals surface area (Å²) in [6.07, 6.45) is 1.31. The van der Waals surface area contributed by atoms with E-state index < -0.39 is 0 Å². The second kappa shape index (κ2) is 5.82. The number of ketones is 1. The van der Waals surface area contributed by atoms with Crippen molar-refractivity contribution in [3.63, 3.8) is 0 Å². The average molecular weight is 357 g/mol. The maximum Gasteiger partial charge on any atom is 0.253 e. The lowest BCUT2D eigenvalue weighted by molar-refractivity contribution is -0.125. The van der Waals surface area contributed by atoms with Crippen molar-refractivity contribution in [3.05, 3.63) is 33.4 Å². The highest BCUT2D eigenvalue weighted by molar-refractivity contribution is 14.1. The van der Waals surface area contributed by atoms with E-state index in [1.807, 2.05) is 31.2 Å². The topological polar surface area (TPSA) is 37.4 Å². The van der Waals surface area contributed by atoms with Crippen LogP contribution in [0.1, 0.15) is 30.1 Å². The zero-order valence-electron chi connectivity index (χ0n) is 10.4. The predicted octanol–water partition coefficient (Wildman–Crippen LogP) is 2.73. The molecule has 4 heteroatoms. The average Bonchev–Trinajstić information content (AvgIpc) is 2.39. The molecule has 0 saturated carbocycles. The Morgan fingerprint density at radius 2 is 2.06 bits per heavy atom. The fourth-order valence-electron chi connectivity index (χ4n) is 2.22. The molecule has 18 heavy (non-hydrogen) atoms. The van der Waals surface area contributed by atoms with Gasteiger partial charge in [0.1, 0.15) is 5.78 Å². The SMILES string of the molecule is CCC1CN(C(=O)c2ccc(I)cc2)CCC1=O. The fourth-order valence-corrected chi connectivity index (χ4v) is 2.58. The molecule has 0 aromatic heterocycles. The van der Waals surface area contributed by atoms with Crippen molar-refractivity contribution < 1.29 is 9.59 Å². The lowest BCUT2D eigenvalue weighted by atomic mass is 9.93. The van der Waals surface area contributed by atoms with Crippen LogP contribution in [0.5, 0.6) is 0 Å². The van der Waals surface area contributed by atoms with E-state index in [9.17, 15) is 9.59 Å². The van der Waals surface area contributed by atoms with E-state index in [1.54, 1.807) is 4.90 Å². The van der Waals surface area contributed by atoms with Crippen LogP contribution >= 0.6 is 22.6 Å². The van der Waals surface area contributed by atoms with Crippen molar-refractivity contribution in [1.29, 1.82) is 0 Å². The number of likely N-dealkylation sites (tertiary alicyclic amines) is 1. The summed E-state index contributed by atoms with van der Waals surface area (Å²) in [4.78, 5) is 25.7. The van der Waals surface area contributed by atoms with E-state index in [1.165, 1.54) is 0 Å².